The summed E-state index contributed by atoms with van der Waals surface area (Å²) in [6.07, 6.45) is 3.30. The molecule has 2 nitrogen and oxygen atoms in total. The zero-order valence-electron chi connectivity index (χ0n) is 11.0. The Kier molecular flexibility index (Phi) is 6.90. The van der Waals surface area contributed by atoms with Gasteiger partial charge in [0, 0.05) is 6.04 Å². The highest BCUT2D eigenvalue weighted by Gasteiger charge is 2.10. The molecule has 0 aliphatic heterocycles. The van der Waals surface area contributed by atoms with Crippen LogP contribution in [-0.4, -0.2) is 24.3 Å². The van der Waals surface area contributed by atoms with Crippen molar-refractivity contribution in [2.75, 3.05) is 13.2 Å². The lowest BCUT2D eigenvalue weighted by Crippen LogP contribution is -2.37. The number of benzene rings is 1. The third-order valence-corrected chi connectivity index (χ3v) is 3.40. The number of hydrogen-bond acceptors (Lipinski definition) is 2. The molecule has 1 atom stereocenters. The topological polar surface area (TPSA) is 32.3 Å². The highest BCUT2D eigenvalue weighted by atomic mass is 16.3. The minimum atomic E-state index is 0.179. The summed E-state index contributed by atoms with van der Waals surface area (Å²) in [4.78, 5) is 0. The fraction of sp³-hybridized carbons (Fsp3) is 0.600. The molecule has 2 heteroatoms. The van der Waals surface area contributed by atoms with Gasteiger partial charge >= 0.3 is 0 Å². The highest BCUT2D eigenvalue weighted by Crippen LogP contribution is 2.07. The molecule has 0 spiro atoms. The molecule has 17 heavy (non-hydrogen) atoms. The van der Waals surface area contributed by atoms with Crippen molar-refractivity contribution >= 4 is 0 Å². The van der Waals surface area contributed by atoms with E-state index in [1.54, 1.807) is 0 Å². The van der Waals surface area contributed by atoms with Crippen molar-refractivity contribution in [1.29, 1.82) is 0 Å². The molecule has 1 aromatic rings. The van der Waals surface area contributed by atoms with Gasteiger partial charge in [-0.3, -0.25) is 0 Å². The molecule has 0 aromatic heterocycles. The van der Waals surface area contributed by atoms with E-state index < -0.39 is 0 Å². The average molecular weight is 235 g/mol. The Morgan fingerprint density at radius 1 is 1.12 bits per heavy atom. The van der Waals surface area contributed by atoms with Gasteiger partial charge in [0.1, 0.15) is 0 Å². The van der Waals surface area contributed by atoms with Crippen molar-refractivity contribution in [3.05, 3.63) is 35.9 Å². The second-order valence-corrected chi connectivity index (χ2v) is 4.66. The zero-order chi connectivity index (χ0) is 12.5. The minimum absolute atomic E-state index is 0.179. The molecule has 0 amide bonds. The van der Waals surface area contributed by atoms with Crippen LogP contribution in [0.2, 0.25) is 0 Å². The Labute approximate surface area is 105 Å². The molecule has 0 saturated carbocycles. The van der Waals surface area contributed by atoms with Gasteiger partial charge in [-0.25, -0.2) is 0 Å². The molecule has 1 unspecified atom stereocenters. The zero-order valence-corrected chi connectivity index (χ0v) is 11.0. The van der Waals surface area contributed by atoms with Crippen LogP contribution in [0, 0.1) is 5.92 Å². The Bertz CT molecular complexity index is 282. The predicted molar refractivity (Wildman–Crippen MR) is 73.1 cm³/mol. The molecule has 96 valence electrons. The lowest BCUT2D eigenvalue weighted by molar-refractivity contribution is 0.234. The summed E-state index contributed by atoms with van der Waals surface area (Å²) >= 11 is 0. The quantitative estimate of drug-likeness (QED) is 0.726. The van der Waals surface area contributed by atoms with Crippen LogP contribution in [0.15, 0.2) is 30.3 Å². The normalized spacial score (nSPS) is 12.9. The van der Waals surface area contributed by atoms with Crippen molar-refractivity contribution in [2.24, 2.45) is 5.92 Å². The van der Waals surface area contributed by atoms with Gasteiger partial charge in [0.2, 0.25) is 0 Å². The Hall–Kier alpha value is -0.860. The summed E-state index contributed by atoms with van der Waals surface area (Å²) in [5.41, 5.74) is 1.28. The number of aliphatic hydroxyl groups is 1. The van der Waals surface area contributed by atoms with E-state index in [9.17, 15) is 5.11 Å². The maximum absolute atomic E-state index is 9.38. The molecule has 0 fully saturated rings. The van der Waals surface area contributed by atoms with Crippen LogP contribution in [0.3, 0.4) is 0 Å². The van der Waals surface area contributed by atoms with Crippen molar-refractivity contribution in [1.82, 2.24) is 5.32 Å². The van der Waals surface area contributed by atoms with Crippen LogP contribution in [0.4, 0.5) is 0 Å². The molecule has 0 saturated heterocycles. The number of hydrogen-bond donors (Lipinski definition) is 2. The first-order valence-corrected chi connectivity index (χ1v) is 6.68. The number of aliphatic hydroxyl groups excluding tert-OH is 1. The molecule has 1 rings (SSSR count). The fourth-order valence-electron chi connectivity index (χ4n) is 2.01. The van der Waals surface area contributed by atoms with E-state index in [-0.39, 0.29) is 12.6 Å². The van der Waals surface area contributed by atoms with Crippen LogP contribution in [0.1, 0.15) is 32.3 Å². The van der Waals surface area contributed by atoms with Gasteiger partial charge in [-0.2, -0.15) is 0 Å². The first-order valence-electron chi connectivity index (χ1n) is 6.68. The highest BCUT2D eigenvalue weighted by molar-refractivity contribution is 5.15. The Morgan fingerprint density at radius 3 is 2.29 bits per heavy atom. The molecule has 0 bridgehead atoms. The fourth-order valence-corrected chi connectivity index (χ4v) is 2.01. The third-order valence-electron chi connectivity index (χ3n) is 3.40. The van der Waals surface area contributed by atoms with Crippen LogP contribution >= 0.6 is 0 Å². The first-order chi connectivity index (χ1) is 8.30. The first kappa shape index (κ1) is 14.2. The average Bonchev–Trinajstić information content (AvgIpc) is 2.39. The lowest BCUT2D eigenvalue weighted by Gasteiger charge is -2.20. The lowest BCUT2D eigenvalue weighted by atomic mass is 10.0. The molecular formula is C15H25NO. The summed E-state index contributed by atoms with van der Waals surface area (Å²) in [6.45, 7) is 5.65. The largest absolute Gasteiger partial charge is 0.395 e. The molecule has 0 heterocycles. The van der Waals surface area contributed by atoms with Gasteiger partial charge in [0.15, 0.2) is 0 Å². The van der Waals surface area contributed by atoms with Gasteiger partial charge in [0.25, 0.3) is 0 Å². The number of nitrogens with one attached hydrogen (secondary N) is 1. The van der Waals surface area contributed by atoms with E-state index in [4.69, 9.17) is 0 Å². The number of rotatable bonds is 8. The summed E-state index contributed by atoms with van der Waals surface area (Å²) in [5, 5.41) is 12.9. The van der Waals surface area contributed by atoms with Crippen molar-refractivity contribution in [3.63, 3.8) is 0 Å². The van der Waals surface area contributed by atoms with Crippen LogP contribution in [0.5, 0.6) is 0 Å². The molecule has 1 aromatic carbocycles. The smallest absolute Gasteiger partial charge is 0.0587 e. The van der Waals surface area contributed by atoms with Crippen molar-refractivity contribution < 1.29 is 5.11 Å². The van der Waals surface area contributed by atoms with E-state index in [0.29, 0.717) is 0 Å². The Balaban J connectivity index is 2.38. The maximum Gasteiger partial charge on any atom is 0.0587 e. The van der Waals surface area contributed by atoms with E-state index in [2.05, 4.69) is 31.3 Å². The van der Waals surface area contributed by atoms with Gasteiger partial charge in [0.05, 0.1) is 6.61 Å². The van der Waals surface area contributed by atoms with Crippen LogP contribution < -0.4 is 5.32 Å². The minimum Gasteiger partial charge on any atom is -0.395 e. The molecular weight excluding hydrogens is 210 g/mol. The summed E-state index contributed by atoms with van der Waals surface area (Å²) in [5.74, 6) is 0.722. The summed E-state index contributed by atoms with van der Waals surface area (Å²) < 4.78 is 0. The van der Waals surface area contributed by atoms with Gasteiger partial charge < -0.3 is 10.4 Å². The van der Waals surface area contributed by atoms with E-state index >= 15 is 0 Å². The maximum atomic E-state index is 9.38. The van der Waals surface area contributed by atoms with Gasteiger partial charge in [-0.05, 0) is 24.4 Å². The van der Waals surface area contributed by atoms with E-state index in [0.717, 1.165) is 18.9 Å². The van der Waals surface area contributed by atoms with Gasteiger partial charge in [-0.1, -0.05) is 57.0 Å². The predicted octanol–water partition coefficient (Wildman–Crippen LogP) is 2.62. The van der Waals surface area contributed by atoms with Crippen LogP contribution in [0.25, 0.3) is 0 Å². The standard InChI is InChI=1S/C15H25NO/c1-3-13(4-2)11-16-15(12-17)10-14-8-6-5-7-9-14/h5-9,13,15-17H,3-4,10-12H2,1-2H3. The molecule has 0 aliphatic rings. The molecule has 0 radical (unpaired) electrons. The van der Waals surface area contributed by atoms with Gasteiger partial charge in [-0.15, -0.1) is 0 Å². The monoisotopic (exact) mass is 235 g/mol. The van der Waals surface area contributed by atoms with E-state index in [1.807, 2.05) is 18.2 Å². The Morgan fingerprint density at radius 2 is 1.76 bits per heavy atom. The van der Waals surface area contributed by atoms with Crippen molar-refractivity contribution in [2.45, 2.75) is 39.2 Å². The molecule has 2 N–H and O–H groups in total. The second-order valence-electron chi connectivity index (χ2n) is 4.66. The summed E-state index contributed by atoms with van der Waals surface area (Å²) in [6, 6.07) is 10.5. The van der Waals surface area contributed by atoms with Crippen LogP contribution in [-0.2, 0) is 6.42 Å². The third kappa shape index (κ3) is 5.33. The SMILES string of the molecule is CCC(CC)CNC(CO)Cc1ccccc1. The van der Waals surface area contributed by atoms with E-state index in [1.165, 1.54) is 18.4 Å². The van der Waals surface area contributed by atoms with Crippen molar-refractivity contribution in [3.8, 4) is 0 Å². The summed E-state index contributed by atoms with van der Waals surface area (Å²) in [7, 11) is 0. The second kappa shape index (κ2) is 8.26. The molecule has 0 aliphatic carbocycles.